The van der Waals surface area contributed by atoms with Crippen molar-refractivity contribution in [3.05, 3.63) is 29.1 Å². The average Bonchev–Trinajstić information content (AvgIpc) is 3.06. The Morgan fingerprint density at radius 3 is 2.48 bits per heavy atom. The van der Waals surface area contributed by atoms with Gasteiger partial charge in [0.2, 0.25) is 11.8 Å². The Morgan fingerprint density at radius 2 is 1.81 bits per heavy atom. The van der Waals surface area contributed by atoms with E-state index in [-0.39, 0.29) is 17.9 Å². The van der Waals surface area contributed by atoms with Crippen LogP contribution in [0.5, 0.6) is 0 Å². The highest BCUT2D eigenvalue weighted by atomic mass is 16.2. The number of carbonyl (C=O) groups excluding carboxylic acids is 2. The van der Waals surface area contributed by atoms with E-state index in [1.807, 2.05) is 6.08 Å². The lowest BCUT2D eigenvalue weighted by molar-refractivity contribution is -0.123. The Labute approximate surface area is 187 Å². The van der Waals surface area contributed by atoms with E-state index in [0.29, 0.717) is 12.6 Å². The van der Waals surface area contributed by atoms with E-state index >= 15 is 0 Å². The fraction of sp³-hybridized carbons (Fsp3) is 0.680. The third-order valence-corrected chi connectivity index (χ3v) is 6.75. The summed E-state index contributed by atoms with van der Waals surface area (Å²) in [6, 6.07) is 3.00. The molecule has 2 N–H and O–H groups in total. The molecule has 6 nitrogen and oxygen atoms in total. The average molecular weight is 429 g/mol. The lowest BCUT2D eigenvalue weighted by atomic mass is 9.95. The van der Waals surface area contributed by atoms with E-state index in [4.69, 9.17) is 0 Å². The van der Waals surface area contributed by atoms with E-state index in [2.05, 4.69) is 46.9 Å². The molecule has 2 amide bonds. The van der Waals surface area contributed by atoms with E-state index < -0.39 is 0 Å². The Balaban J connectivity index is 1.46. The van der Waals surface area contributed by atoms with E-state index in [9.17, 15) is 9.59 Å². The Kier molecular flexibility index (Phi) is 8.76. The molecule has 2 heterocycles. The van der Waals surface area contributed by atoms with Crippen LogP contribution in [0.25, 0.3) is 6.08 Å². The van der Waals surface area contributed by atoms with Gasteiger partial charge in [-0.25, -0.2) is 0 Å². The van der Waals surface area contributed by atoms with Crippen molar-refractivity contribution in [3.8, 4) is 0 Å². The zero-order valence-corrected chi connectivity index (χ0v) is 19.6. The minimum Gasteiger partial charge on any atom is -0.355 e. The summed E-state index contributed by atoms with van der Waals surface area (Å²) in [5.74, 6) is 0.0692. The van der Waals surface area contributed by atoms with Crippen LogP contribution in [-0.2, 0) is 9.59 Å². The Hall–Kier alpha value is -2.08. The molecule has 1 aromatic rings. The highest BCUT2D eigenvalue weighted by molar-refractivity contribution is 5.92. The first-order valence-electron chi connectivity index (χ1n) is 12.1. The fourth-order valence-electron chi connectivity index (χ4n) is 5.05. The molecule has 31 heavy (non-hydrogen) atoms. The second kappa shape index (κ2) is 11.5. The molecule has 2 aliphatic rings. The molecule has 0 unspecified atom stereocenters. The summed E-state index contributed by atoms with van der Waals surface area (Å²) >= 11 is 0. The van der Waals surface area contributed by atoms with Crippen LogP contribution < -0.4 is 10.6 Å². The van der Waals surface area contributed by atoms with Crippen LogP contribution in [-0.4, -0.2) is 53.5 Å². The molecule has 1 saturated heterocycles. The molecule has 1 aliphatic heterocycles. The molecule has 6 heteroatoms. The molecule has 0 aromatic carbocycles. The van der Waals surface area contributed by atoms with Crippen molar-refractivity contribution < 1.29 is 9.59 Å². The zero-order chi connectivity index (χ0) is 22.2. The molecule has 1 saturated carbocycles. The number of nitrogens with zero attached hydrogens (tertiary/aromatic N) is 2. The lowest BCUT2D eigenvalue weighted by Crippen LogP contribution is -2.47. The predicted molar refractivity (Wildman–Crippen MR) is 126 cm³/mol. The summed E-state index contributed by atoms with van der Waals surface area (Å²) in [5, 5.41) is 6.07. The summed E-state index contributed by atoms with van der Waals surface area (Å²) in [7, 11) is 0. The van der Waals surface area contributed by atoms with Gasteiger partial charge in [0.1, 0.15) is 0 Å². The van der Waals surface area contributed by atoms with Crippen LogP contribution in [0.4, 0.5) is 0 Å². The molecular weight excluding hydrogens is 388 g/mol. The number of rotatable bonds is 8. The molecule has 3 rings (SSSR count). The van der Waals surface area contributed by atoms with Crippen LogP contribution >= 0.6 is 0 Å². The Morgan fingerprint density at radius 1 is 1.10 bits per heavy atom. The van der Waals surface area contributed by atoms with Crippen molar-refractivity contribution >= 4 is 17.9 Å². The quantitative estimate of drug-likeness (QED) is 0.620. The second-order valence-corrected chi connectivity index (χ2v) is 9.23. The monoisotopic (exact) mass is 428 g/mol. The van der Waals surface area contributed by atoms with Gasteiger partial charge in [0, 0.05) is 49.2 Å². The molecule has 172 valence electrons. The molecule has 2 fully saturated rings. The largest absolute Gasteiger partial charge is 0.355 e. The van der Waals surface area contributed by atoms with Crippen LogP contribution in [0.1, 0.15) is 81.3 Å². The number of nitrogens with one attached hydrogen (secondary N) is 2. The number of aromatic nitrogens is 1. The maximum Gasteiger partial charge on any atom is 0.244 e. The SMILES string of the molecule is CCCNC(=O)CN1CCC(NC(=O)/C=C/c2cc(C)n(C3CCCCC3)c2C)CC1. The highest BCUT2D eigenvalue weighted by Gasteiger charge is 2.22. The molecular formula is C25H40N4O2. The molecule has 0 radical (unpaired) electrons. The van der Waals surface area contributed by atoms with Crippen molar-refractivity contribution in [3.63, 3.8) is 0 Å². The summed E-state index contributed by atoms with van der Waals surface area (Å²) in [5.41, 5.74) is 3.70. The second-order valence-electron chi connectivity index (χ2n) is 9.23. The van der Waals surface area contributed by atoms with Crippen LogP contribution in [0.3, 0.4) is 0 Å². The summed E-state index contributed by atoms with van der Waals surface area (Å²) in [4.78, 5) is 26.5. The third-order valence-electron chi connectivity index (χ3n) is 6.75. The maximum atomic E-state index is 12.5. The number of aryl methyl sites for hydroxylation is 1. The van der Waals surface area contributed by atoms with Crippen LogP contribution in [0.15, 0.2) is 12.1 Å². The summed E-state index contributed by atoms with van der Waals surface area (Å²) in [6.45, 7) is 9.28. The van der Waals surface area contributed by atoms with Crippen molar-refractivity contribution in [2.75, 3.05) is 26.2 Å². The van der Waals surface area contributed by atoms with E-state index in [1.165, 1.54) is 43.5 Å². The van der Waals surface area contributed by atoms with Gasteiger partial charge in [-0.3, -0.25) is 14.5 Å². The summed E-state index contributed by atoms with van der Waals surface area (Å²) in [6.07, 6.45) is 12.9. The predicted octanol–water partition coefficient (Wildman–Crippen LogP) is 3.73. The molecule has 0 bridgehead atoms. The van der Waals surface area contributed by atoms with Crippen molar-refractivity contribution in [1.82, 2.24) is 20.1 Å². The summed E-state index contributed by atoms with van der Waals surface area (Å²) < 4.78 is 2.48. The number of carbonyl (C=O) groups is 2. The first kappa shape index (κ1) is 23.6. The molecule has 1 aliphatic carbocycles. The third kappa shape index (κ3) is 6.70. The minimum atomic E-state index is -0.0263. The van der Waals surface area contributed by atoms with Crippen LogP contribution in [0, 0.1) is 13.8 Å². The molecule has 0 atom stereocenters. The van der Waals surface area contributed by atoms with Gasteiger partial charge < -0.3 is 15.2 Å². The van der Waals surface area contributed by atoms with Gasteiger partial charge in [0.25, 0.3) is 0 Å². The van der Waals surface area contributed by atoms with Crippen LogP contribution in [0.2, 0.25) is 0 Å². The first-order valence-corrected chi connectivity index (χ1v) is 12.1. The number of hydrogen-bond acceptors (Lipinski definition) is 3. The normalized spacial score (nSPS) is 19.1. The first-order chi connectivity index (χ1) is 15.0. The smallest absolute Gasteiger partial charge is 0.244 e. The van der Waals surface area contributed by atoms with Crippen molar-refractivity contribution in [2.45, 2.75) is 84.2 Å². The highest BCUT2D eigenvalue weighted by Crippen LogP contribution is 2.32. The van der Waals surface area contributed by atoms with Crippen molar-refractivity contribution in [2.24, 2.45) is 0 Å². The molecule has 0 spiro atoms. The van der Waals surface area contributed by atoms with Gasteiger partial charge in [0.15, 0.2) is 0 Å². The lowest BCUT2D eigenvalue weighted by Gasteiger charge is -2.31. The van der Waals surface area contributed by atoms with Gasteiger partial charge in [-0.05, 0) is 63.7 Å². The topological polar surface area (TPSA) is 66.4 Å². The minimum absolute atomic E-state index is 0.0263. The van der Waals surface area contributed by atoms with E-state index in [1.54, 1.807) is 6.08 Å². The van der Waals surface area contributed by atoms with E-state index in [0.717, 1.165) is 44.5 Å². The van der Waals surface area contributed by atoms with Gasteiger partial charge in [-0.1, -0.05) is 26.2 Å². The maximum absolute atomic E-state index is 12.5. The van der Waals surface area contributed by atoms with Gasteiger partial charge in [0.05, 0.1) is 6.54 Å². The molecule has 1 aromatic heterocycles. The standard InChI is InChI=1S/C25H40N4O2/c1-4-14-26-25(31)18-28-15-12-22(13-16-28)27-24(30)11-10-21-17-19(2)29(20(21)3)23-8-6-5-7-9-23/h10-11,17,22-23H,4-9,12-16,18H2,1-3H3,(H,26,31)(H,27,30)/b11-10+. The van der Waals surface area contributed by atoms with Gasteiger partial charge in [-0.15, -0.1) is 0 Å². The number of piperidine rings is 1. The fourth-order valence-corrected chi connectivity index (χ4v) is 5.05. The number of amides is 2. The van der Waals surface area contributed by atoms with Crippen molar-refractivity contribution in [1.29, 1.82) is 0 Å². The van der Waals surface area contributed by atoms with Gasteiger partial charge >= 0.3 is 0 Å². The number of likely N-dealkylation sites (tertiary alicyclic amines) is 1. The number of hydrogen-bond donors (Lipinski definition) is 2. The zero-order valence-electron chi connectivity index (χ0n) is 19.6. The Bertz CT molecular complexity index is 769. The van der Waals surface area contributed by atoms with Gasteiger partial charge in [-0.2, -0.15) is 0 Å².